The molecule has 0 aliphatic heterocycles. The molecule has 0 heterocycles. The first kappa shape index (κ1) is 14.8. The molecule has 1 aliphatic carbocycles. The molecule has 2 rings (SSSR count). The highest BCUT2D eigenvalue weighted by molar-refractivity contribution is 6.31. The Labute approximate surface area is 121 Å². The van der Waals surface area contributed by atoms with Gasteiger partial charge in [0.15, 0.2) is 0 Å². The summed E-state index contributed by atoms with van der Waals surface area (Å²) < 4.78 is 0. The lowest BCUT2D eigenvalue weighted by atomic mass is 9.72. The van der Waals surface area contributed by atoms with Gasteiger partial charge in [-0.3, -0.25) is 11.3 Å². The fraction of sp³-hybridized carbons (Fsp3) is 0.625. The third kappa shape index (κ3) is 3.13. The molecule has 106 valence electrons. The van der Waals surface area contributed by atoms with Crippen molar-refractivity contribution in [2.75, 3.05) is 0 Å². The van der Waals surface area contributed by atoms with Crippen molar-refractivity contribution < 1.29 is 0 Å². The smallest absolute Gasteiger partial charge is 0.0493 e. The molecule has 0 bridgehead atoms. The van der Waals surface area contributed by atoms with Crippen LogP contribution in [0.15, 0.2) is 18.2 Å². The van der Waals surface area contributed by atoms with Crippen LogP contribution in [0.25, 0.3) is 0 Å². The second-order valence-corrected chi connectivity index (χ2v) is 6.12. The number of hydrazine groups is 1. The standard InChI is InChI=1S/C16H25ClN2/c1-3-12-7-4-5-8-14(12)16(19-18)13-9-6-10-15(17)11(13)2/h6,9-10,12,14,16,19H,3-5,7-8,18H2,1-2H3. The highest BCUT2D eigenvalue weighted by atomic mass is 35.5. The number of hydrogen-bond donors (Lipinski definition) is 2. The van der Waals surface area contributed by atoms with Crippen LogP contribution in [0.2, 0.25) is 5.02 Å². The molecule has 3 unspecified atom stereocenters. The summed E-state index contributed by atoms with van der Waals surface area (Å²) in [6.07, 6.45) is 6.51. The topological polar surface area (TPSA) is 38.0 Å². The lowest BCUT2D eigenvalue weighted by Gasteiger charge is -2.37. The van der Waals surface area contributed by atoms with Crippen LogP contribution in [-0.2, 0) is 0 Å². The largest absolute Gasteiger partial charge is 0.271 e. The molecule has 1 saturated carbocycles. The molecule has 1 fully saturated rings. The van der Waals surface area contributed by atoms with E-state index in [-0.39, 0.29) is 6.04 Å². The van der Waals surface area contributed by atoms with Crippen LogP contribution in [-0.4, -0.2) is 0 Å². The minimum absolute atomic E-state index is 0.226. The molecule has 0 saturated heterocycles. The number of rotatable bonds is 4. The van der Waals surface area contributed by atoms with Crippen molar-refractivity contribution in [3.8, 4) is 0 Å². The average Bonchev–Trinajstić information content (AvgIpc) is 2.45. The van der Waals surface area contributed by atoms with Gasteiger partial charge in [-0.25, -0.2) is 0 Å². The fourth-order valence-corrected chi connectivity index (χ4v) is 3.77. The van der Waals surface area contributed by atoms with E-state index >= 15 is 0 Å². The summed E-state index contributed by atoms with van der Waals surface area (Å²) in [7, 11) is 0. The summed E-state index contributed by atoms with van der Waals surface area (Å²) >= 11 is 6.26. The Morgan fingerprint density at radius 2 is 2.11 bits per heavy atom. The third-order valence-electron chi connectivity index (χ3n) is 4.74. The number of nitrogens with one attached hydrogen (secondary N) is 1. The minimum Gasteiger partial charge on any atom is -0.271 e. The zero-order valence-corrected chi connectivity index (χ0v) is 12.7. The van der Waals surface area contributed by atoms with E-state index in [1.54, 1.807) is 0 Å². The Balaban J connectivity index is 2.30. The van der Waals surface area contributed by atoms with Gasteiger partial charge in [0.05, 0.1) is 0 Å². The molecule has 19 heavy (non-hydrogen) atoms. The van der Waals surface area contributed by atoms with E-state index in [9.17, 15) is 0 Å². The minimum atomic E-state index is 0.226. The molecule has 1 aromatic rings. The van der Waals surface area contributed by atoms with Crippen LogP contribution in [0, 0.1) is 18.8 Å². The van der Waals surface area contributed by atoms with Crippen molar-refractivity contribution in [2.24, 2.45) is 17.7 Å². The Bertz CT molecular complexity index is 419. The average molecular weight is 281 g/mol. The quantitative estimate of drug-likeness (QED) is 0.635. The molecule has 0 aromatic heterocycles. The van der Waals surface area contributed by atoms with Crippen molar-refractivity contribution in [3.63, 3.8) is 0 Å². The maximum Gasteiger partial charge on any atom is 0.0493 e. The third-order valence-corrected chi connectivity index (χ3v) is 5.15. The summed E-state index contributed by atoms with van der Waals surface area (Å²) in [6.45, 7) is 4.38. The lowest BCUT2D eigenvalue weighted by Crippen LogP contribution is -2.38. The number of nitrogens with two attached hydrogens (primary N) is 1. The SMILES string of the molecule is CCC1CCCCC1C(NN)c1cccc(Cl)c1C. The van der Waals surface area contributed by atoms with E-state index in [0.717, 1.165) is 16.5 Å². The zero-order valence-electron chi connectivity index (χ0n) is 12.0. The first-order chi connectivity index (χ1) is 9.19. The Hall–Kier alpha value is -0.570. The molecule has 0 radical (unpaired) electrons. The fourth-order valence-electron chi connectivity index (χ4n) is 3.59. The lowest BCUT2D eigenvalue weighted by molar-refractivity contribution is 0.175. The number of hydrogen-bond acceptors (Lipinski definition) is 2. The molecule has 1 aliphatic rings. The first-order valence-corrected chi connectivity index (χ1v) is 7.78. The van der Waals surface area contributed by atoms with E-state index in [1.807, 2.05) is 12.1 Å². The van der Waals surface area contributed by atoms with E-state index in [0.29, 0.717) is 5.92 Å². The van der Waals surface area contributed by atoms with E-state index in [1.165, 1.54) is 37.7 Å². The monoisotopic (exact) mass is 280 g/mol. The van der Waals surface area contributed by atoms with Crippen molar-refractivity contribution in [2.45, 2.75) is 52.0 Å². The van der Waals surface area contributed by atoms with Gasteiger partial charge in [-0.15, -0.1) is 0 Å². The second-order valence-electron chi connectivity index (χ2n) is 5.72. The van der Waals surface area contributed by atoms with E-state index in [2.05, 4.69) is 25.3 Å². The summed E-state index contributed by atoms with van der Waals surface area (Å²) in [5, 5.41) is 0.835. The molecule has 3 N–H and O–H groups in total. The van der Waals surface area contributed by atoms with Gasteiger partial charge in [0.2, 0.25) is 0 Å². The molecule has 0 spiro atoms. The molecule has 3 heteroatoms. The maximum absolute atomic E-state index is 6.26. The molecular weight excluding hydrogens is 256 g/mol. The first-order valence-electron chi connectivity index (χ1n) is 7.40. The van der Waals surface area contributed by atoms with Gasteiger partial charge in [0.1, 0.15) is 0 Å². The number of benzene rings is 1. The Morgan fingerprint density at radius 1 is 1.37 bits per heavy atom. The van der Waals surface area contributed by atoms with Crippen molar-refractivity contribution in [1.29, 1.82) is 0 Å². The van der Waals surface area contributed by atoms with Crippen LogP contribution in [0.1, 0.15) is 56.2 Å². The van der Waals surface area contributed by atoms with Crippen LogP contribution in [0.3, 0.4) is 0 Å². The summed E-state index contributed by atoms with van der Waals surface area (Å²) in [5.41, 5.74) is 5.49. The van der Waals surface area contributed by atoms with Crippen LogP contribution < -0.4 is 11.3 Å². The van der Waals surface area contributed by atoms with E-state index in [4.69, 9.17) is 17.4 Å². The van der Waals surface area contributed by atoms with Crippen LogP contribution in [0.4, 0.5) is 0 Å². The van der Waals surface area contributed by atoms with Gasteiger partial charge < -0.3 is 0 Å². The molecular formula is C16H25ClN2. The van der Waals surface area contributed by atoms with Gasteiger partial charge >= 0.3 is 0 Å². The van der Waals surface area contributed by atoms with Gasteiger partial charge in [0, 0.05) is 11.1 Å². The van der Waals surface area contributed by atoms with Gasteiger partial charge in [-0.2, -0.15) is 0 Å². The molecule has 2 nitrogen and oxygen atoms in total. The van der Waals surface area contributed by atoms with Crippen LogP contribution >= 0.6 is 11.6 Å². The molecule has 1 aromatic carbocycles. The van der Waals surface area contributed by atoms with Crippen molar-refractivity contribution in [3.05, 3.63) is 34.3 Å². The molecule has 0 amide bonds. The van der Waals surface area contributed by atoms with Gasteiger partial charge in [0.25, 0.3) is 0 Å². The number of halogens is 1. The maximum atomic E-state index is 6.26. The Kier molecular flexibility index (Phi) is 5.26. The van der Waals surface area contributed by atoms with Gasteiger partial charge in [-0.05, 0) is 42.4 Å². The van der Waals surface area contributed by atoms with E-state index < -0.39 is 0 Å². The molecule has 3 atom stereocenters. The predicted octanol–water partition coefficient (Wildman–Crippen LogP) is 4.37. The zero-order chi connectivity index (χ0) is 13.8. The summed E-state index contributed by atoms with van der Waals surface area (Å²) in [5.74, 6) is 7.28. The predicted molar refractivity (Wildman–Crippen MR) is 82.0 cm³/mol. The highest BCUT2D eigenvalue weighted by Gasteiger charge is 2.32. The van der Waals surface area contributed by atoms with Crippen molar-refractivity contribution >= 4 is 11.6 Å². The summed E-state index contributed by atoms with van der Waals surface area (Å²) in [4.78, 5) is 0. The van der Waals surface area contributed by atoms with Crippen molar-refractivity contribution in [1.82, 2.24) is 5.43 Å². The Morgan fingerprint density at radius 3 is 2.79 bits per heavy atom. The normalized spacial score (nSPS) is 25.3. The summed E-state index contributed by atoms with van der Waals surface area (Å²) in [6, 6.07) is 6.36. The highest BCUT2D eigenvalue weighted by Crippen LogP contribution is 2.41. The van der Waals surface area contributed by atoms with Gasteiger partial charge in [-0.1, -0.05) is 56.3 Å². The second kappa shape index (κ2) is 6.74. The van der Waals surface area contributed by atoms with Crippen LogP contribution in [0.5, 0.6) is 0 Å².